The Morgan fingerprint density at radius 2 is 2.19 bits per heavy atom. The van der Waals surface area contributed by atoms with Gasteiger partial charge in [0.15, 0.2) is 0 Å². The van der Waals surface area contributed by atoms with Crippen LogP contribution in [0.15, 0.2) is 24.3 Å². The quantitative estimate of drug-likeness (QED) is 0.771. The molecule has 3 heteroatoms. The van der Waals surface area contributed by atoms with Gasteiger partial charge in [0, 0.05) is 20.7 Å². The highest BCUT2D eigenvalue weighted by atomic mass is 16.5. The van der Waals surface area contributed by atoms with Crippen LogP contribution in [0.2, 0.25) is 0 Å². The van der Waals surface area contributed by atoms with E-state index in [9.17, 15) is 0 Å². The van der Waals surface area contributed by atoms with Crippen molar-refractivity contribution in [3.63, 3.8) is 0 Å². The van der Waals surface area contributed by atoms with Crippen molar-refractivity contribution in [2.75, 3.05) is 32.3 Å². The highest BCUT2D eigenvalue weighted by Crippen LogP contribution is 2.32. The molecule has 88 valence electrons. The lowest BCUT2D eigenvalue weighted by Gasteiger charge is -2.34. The van der Waals surface area contributed by atoms with Gasteiger partial charge in [0.05, 0.1) is 18.3 Å². The molecule has 1 aromatic carbocycles. The maximum atomic E-state index is 5.31. The minimum atomic E-state index is 0.437. The minimum absolute atomic E-state index is 0.437. The zero-order chi connectivity index (χ0) is 11.5. The first-order valence-electron chi connectivity index (χ1n) is 5.85. The van der Waals surface area contributed by atoms with Gasteiger partial charge in [0.25, 0.3) is 0 Å². The highest BCUT2D eigenvalue weighted by molar-refractivity contribution is 5.58. The van der Waals surface area contributed by atoms with Crippen LogP contribution < -0.4 is 5.01 Å². The number of nitrogens with zero attached hydrogens (tertiary/aromatic N) is 2. The second-order valence-electron chi connectivity index (χ2n) is 4.26. The van der Waals surface area contributed by atoms with Crippen LogP contribution in [0.3, 0.4) is 0 Å². The Morgan fingerprint density at radius 3 is 2.88 bits per heavy atom. The Labute approximate surface area is 97.6 Å². The van der Waals surface area contributed by atoms with Crippen molar-refractivity contribution >= 4 is 5.69 Å². The van der Waals surface area contributed by atoms with Gasteiger partial charge in [0.1, 0.15) is 0 Å². The molecule has 1 heterocycles. The molecule has 1 aliphatic rings. The summed E-state index contributed by atoms with van der Waals surface area (Å²) in [5.74, 6) is 0. The third-order valence-electron chi connectivity index (χ3n) is 3.22. The maximum Gasteiger partial charge on any atom is 0.0732 e. The fourth-order valence-corrected chi connectivity index (χ4v) is 2.38. The predicted molar refractivity (Wildman–Crippen MR) is 66.6 cm³/mol. The van der Waals surface area contributed by atoms with E-state index in [-0.39, 0.29) is 0 Å². The number of hydrogen-bond acceptors (Lipinski definition) is 3. The van der Waals surface area contributed by atoms with Crippen LogP contribution in [0.1, 0.15) is 12.5 Å². The molecule has 0 amide bonds. The average Bonchev–Trinajstić information content (AvgIpc) is 2.66. The lowest BCUT2D eigenvalue weighted by molar-refractivity contribution is 0.154. The molecular formula is C13H20N2O. The van der Waals surface area contributed by atoms with Crippen molar-refractivity contribution in [1.29, 1.82) is 0 Å². The number of ether oxygens (including phenoxy) is 1. The van der Waals surface area contributed by atoms with Gasteiger partial charge in [-0.15, -0.1) is 0 Å². The fourth-order valence-electron chi connectivity index (χ4n) is 2.38. The van der Waals surface area contributed by atoms with Crippen LogP contribution in [-0.4, -0.2) is 38.4 Å². The summed E-state index contributed by atoms with van der Waals surface area (Å²) in [6.07, 6.45) is 1.08. The molecule has 1 aromatic rings. The highest BCUT2D eigenvalue weighted by Gasteiger charge is 2.30. The minimum Gasteiger partial charge on any atom is -0.382 e. The van der Waals surface area contributed by atoms with Gasteiger partial charge in [-0.1, -0.05) is 25.1 Å². The lowest BCUT2D eigenvalue weighted by atomic mass is 10.1. The first-order valence-corrected chi connectivity index (χ1v) is 5.85. The average molecular weight is 220 g/mol. The molecule has 0 radical (unpaired) electrons. The number of fused-ring (bicyclic) bond motifs is 1. The molecule has 0 saturated heterocycles. The second kappa shape index (κ2) is 4.85. The summed E-state index contributed by atoms with van der Waals surface area (Å²) in [6, 6.07) is 9.05. The molecule has 1 aliphatic heterocycles. The summed E-state index contributed by atoms with van der Waals surface area (Å²) >= 11 is 0. The topological polar surface area (TPSA) is 15.7 Å². The van der Waals surface area contributed by atoms with Crippen molar-refractivity contribution in [3.8, 4) is 0 Å². The van der Waals surface area contributed by atoms with Crippen LogP contribution in [0.5, 0.6) is 0 Å². The van der Waals surface area contributed by atoms with Crippen molar-refractivity contribution in [2.24, 2.45) is 0 Å². The van der Waals surface area contributed by atoms with E-state index in [0.717, 1.165) is 19.6 Å². The van der Waals surface area contributed by atoms with Gasteiger partial charge in [-0.05, 0) is 18.1 Å². The van der Waals surface area contributed by atoms with Crippen molar-refractivity contribution < 1.29 is 4.74 Å². The Bertz CT molecular complexity index is 354. The van der Waals surface area contributed by atoms with E-state index in [1.807, 2.05) is 0 Å². The van der Waals surface area contributed by atoms with Crippen LogP contribution in [-0.2, 0) is 11.2 Å². The van der Waals surface area contributed by atoms with E-state index in [1.165, 1.54) is 11.3 Å². The Balaban J connectivity index is 2.28. The molecule has 0 N–H and O–H groups in total. The number of para-hydroxylation sites is 1. The molecule has 0 aromatic heterocycles. The zero-order valence-corrected chi connectivity index (χ0v) is 10.3. The first-order chi connectivity index (χ1) is 7.77. The van der Waals surface area contributed by atoms with Crippen LogP contribution >= 0.6 is 0 Å². The monoisotopic (exact) mass is 220 g/mol. The van der Waals surface area contributed by atoms with Gasteiger partial charge in [-0.25, -0.2) is 5.01 Å². The molecule has 0 saturated carbocycles. The molecule has 0 aliphatic carbocycles. The number of methoxy groups -OCH3 is 1. The summed E-state index contributed by atoms with van der Waals surface area (Å²) in [7, 11) is 3.90. The van der Waals surface area contributed by atoms with E-state index in [0.29, 0.717) is 6.04 Å². The van der Waals surface area contributed by atoms with Gasteiger partial charge in [-0.3, -0.25) is 0 Å². The van der Waals surface area contributed by atoms with Gasteiger partial charge in [-0.2, -0.15) is 0 Å². The molecule has 2 rings (SSSR count). The van der Waals surface area contributed by atoms with Crippen molar-refractivity contribution in [3.05, 3.63) is 29.8 Å². The number of benzene rings is 1. The Morgan fingerprint density at radius 1 is 1.44 bits per heavy atom. The molecule has 0 fully saturated rings. The van der Waals surface area contributed by atoms with Gasteiger partial charge in [0.2, 0.25) is 0 Å². The second-order valence-corrected chi connectivity index (χ2v) is 4.26. The number of anilines is 1. The fraction of sp³-hybridized carbons (Fsp3) is 0.538. The standard InChI is InChI=1S/C13H20N2O/c1-4-14(2)15-12(10-16-3)9-11-7-5-6-8-13(11)15/h5-8,12H,4,9-10H2,1-3H3/t12-/m0/s1. The SMILES string of the molecule is CCN(C)N1c2ccccc2C[C@H]1COC. The van der Waals surface area contributed by atoms with E-state index >= 15 is 0 Å². The largest absolute Gasteiger partial charge is 0.382 e. The van der Waals surface area contributed by atoms with Crippen molar-refractivity contribution in [1.82, 2.24) is 5.01 Å². The van der Waals surface area contributed by atoms with E-state index in [1.54, 1.807) is 7.11 Å². The molecule has 16 heavy (non-hydrogen) atoms. The summed E-state index contributed by atoms with van der Waals surface area (Å²) in [6.45, 7) is 3.96. The summed E-state index contributed by atoms with van der Waals surface area (Å²) in [5.41, 5.74) is 2.75. The zero-order valence-electron chi connectivity index (χ0n) is 10.3. The van der Waals surface area contributed by atoms with Crippen LogP contribution in [0.25, 0.3) is 0 Å². The third-order valence-corrected chi connectivity index (χ3v) is 3.22. The normalized spacial score (nSPS) is 19.2. The van der Waals surface area contributed by atoms with Gasteiger partial charge >= 0.3 is 0 Å². The summed E-state index contributed by atoms with van der Waals surface area (Å²) < 4.78 is 5.31. The van der Waals surface area contributed by atoms with E-state index in [2.05, 4.69) is 48.3 Å². The number of hydrazine groups is 1. The third kappa shape index (κ3) is 1.93. The number of hydrogen-bond donors (Lipinski definition) is 0. The summed E-state index contributed by atoms with van der Waals surface area (Å²) in [4.78, 5) is 0. The predicted octanol–water partition coefficient (Wildman–Crippen LogP) is 1.93. The van der Waals surface area contributed by atoms with Gasteiger partial charge < -0.3 is 9.75 Å². The smallest absolute Gasteiger partial charge is 0.0732 e. The molecule has 0 unspecified atom stereocenters. The van der Waals surface area contributed by atoms with Crippen molar-refractivity contribution in [2.45, 2.75) is 19.4 Å². The lowest BCUT2D eigenvalue weighted by Crippen LogP contribution is -2.46. The maximum absolute atomic E-state index is 5.31. The molecule has 0 spiro atoms. The Kier molecular flexibility index (Phi) is 3.46. The first kappa shape index (κ1) is 11.4. The van der Waals surface area contributed by atoms with Crippen LogP contribution in [0.4, 0.5) is 5.69 Å². The van der Waals surface area contributed by atoms with Crippen LogP contribution in [0, 0.1) is 0 Å². The molecular weight excluding hydrogens is 200 g/mol. The Hall–Kier alpha value is -1.06. The van der Waals surface area contributed by atoms with E-state index < -0.39 is 0 Å². The molecule has 3 nitrogen and oxygen atoms in total. The summed E-state index contributed by atoms with van der Waals surface area (Å²) in [5, 5.41) is 4.62. The molecule has 1 atom stereocenters. The molecule has 0 bridgehead atoms. The van der Waals surface area contributed by atoms with E-state index in [4.69, 9.17) is 4.74 Å². The number of rotatable bonds is 4.